The van der Waals surface area contributed by atoms with Crippen LogP contribution in [0.4, 0.5) is 0 Å². The number of halogens is 2. The van der Waals surface area contributed by atoms with Crippen molar-refractivity contribution < 1.29 is 4.79 Å². The van der Waals surface area contributed by atoms with E-state index < -0.39 is 5.54 Å². The smallest absolute Gasteiger partial charge is 0.224 e. The molecule has 1 aliphatic carbocycles. The lowest BCUT2D eigenvalue weighted by Crippen LogP contribution is -2.06. The van der Waals surface area contributed by atoms with E-state index in [1.54, 1.807) is 0 Å². The number of hydrogen-bond acceptors (Lipinski definition) is 4. The number of carbonyl (C=O) groups excluding carboxylic acids is 1. The third kappa shape index (κ3) is 1.42. The van der Waals surface area contributed by atoms with Gasteiger partial charge in [0.25, 0.3) is 0 Å². The molecule has 0 aromatic carbocycles. The zero-order valence-electron chi connectivity index (χ0n) is 7.00. The van der Waals surface area contributed by atoms with Gasteiger partial charge in [0.1, 0.15) is 22.2 Å². The molecular weight excluding hydrogens is 225 g/mol. The van der Waals surface area contributed by atoms with Crippen LogP contribution in [0.15, 0.2) is 11.3 Å². The minimum atomic E-state index is -0.614. The lowest BCUT2D eigenvalue weighted by molar-refractivity contribution is 0.556. The number of rotatable bonds is 2. The standard InChI is InChI=1S/C8H5Cl2N3O/c9-6-5(7(10)12-3-11-6)8(1-2-8)13-4-14/h3H,1-2H2. The van der Waals surface area contributed by atoms with Crippen molar-refractivity contribution in [2.24, 2.45) is 4.99 Å². The van der Waals surface area contributed by atoms with Crippen LogP contribution in [-0.4, -0.2) is 16.0 Å². The molecule has 0 radical (unpaired) electrons. The maximum absolute atomic E-state index is 10.2. The van der Waals surface area contributed by atoms with Crippen molar-refractivity contribution in [3.05, 3.63) is 22.2 Å². The highest BCUT2D eigenvalue weighted by molar-refractivity contribution is 6.34. The molecule has 0 aliphatic heterocycles. The van der Waals surface area contributed by atoms with Gasteiger partial charge in [0.15, 0.2) is 0 Å². The van der Waals surface area contributed by atoms with Gasteiger partial charge in [-0.05, 0) is 12.8 Å². The molecule has 0 N–H and O–H groups in total. The van der Waals surface area contributed by atoms with Gasteiger partial charge in [-0.25, -0.2) is 14.8 Å². The van der Waals surface area contributed by atoms with Crippen LogP contribution in [0, 0.1) is 0 Å². The zero-order valence-corrected chi connectivity index (χ0v) is 8.51. The Labute approximate surface area is 90.0 Å². The Morgan fingerprint density at radius 1 is 1.36 bits per heavy atom. The van der Waals surface area contributed by atoms with Crippen molar-refractivity contribution in [2.45, 2.75) is 18.4 Å². The Kier molecular flexibility index (Phi) is 2.27. The van der Waals surface area contributed by atoms with Gasteiger partial charge in [0.2, 0.25) is 6.08 Å². The van der Waals surface area contributed by atoms with E-state index in [4.69, 9.17) is 23.2 Å². The molecule has 0 spiro atoms. The molecule has 1 fully saturated rings. The van der Waals surface area contributed by atoms with Crippen LogP contribution < -0.4 is 0 Å². The summed E-state index contributed by atoms with van der Waals surface area (Å²) in [5.41, 5.74) is -0.0799. The van der Waals surface area contributed by atoms with Crippen LogP contribution in [0.5, 0.6) is 0 Å². The Morgan fingerprint density at radius 2 is 1.93 bits per heavy atom. The molecule has 0 saturated heterocycles. The van der Waals surface area contributed by atoms with Crippen molar-refractivity contribution in [1.82, 2.24) is 9.97 Å². The van der Waals surface area contributed by atoms with Crippen LogP contribution in [-0.2, 0) is 10.3 Å². The third-order valence-corrected chi connectivity index (χ3v) is 2.78. The number of aromatic nitrogens is 2. The lowest BCUT2D eigenvalue weighted by atomic mass is 10.1. The van der Waals surface area contributed by atoms with Crippen LogP contribution in [0.2, 0.25) is 10.3 Å². The van der Waals surface area contributed by atoms with Gasteiger partial charge in [-0.15, -0.1) is 0 Å². The fraction of sp³-hybridized carbons (Fsp3) is 0.375. The van der Waals surface area contributed by atoms with E-state index in [2.05, 4.69) is 15.0 Å². The first-order valence-electron chi connectivity index (χ1n) is 3.95. The fourth-order valence-corrected chi connectivity index (χ4v) is 2.02. The molecule has 1 aliphatic rings. The molecule has 0 unspecified atom stereocenters. The first-order valence-corrected chi connectivity index (χ1v) is 4.71. The second kappa shape index (κ2) is 3.31. The topological polar surface area (TPSA) is 55.2 Å². The predicted molar refractivity (Wildman–Crippen MR) is 51.1 cm³/mol. The Morgan fingerprint density at radius 3 is 2.36 bits per heavy atom. The predicted octanol–water partition coefficient (Wildman–Crippen LogP) is 2.11. The summed E-state index contributed by atoms with van der Waals surface area (Å²) in [7, 11) is 0. The lowest BCUT2D eigenvalue weighted by Gasteiger charge is -2.09. The van der Waals surface area contributed by atoms with Gasteiger partial charge in [-0.2, -0.15) is 4.99 Å². The third-order valence-electron chi connectivity index (χ3n) is 2.20. The summed E-state index contributed by atoms with van der Waals surface area (Å²) in [5, 5.41) is 0.503. The van der Waals surface area contributed by atoms with Gasteiger partial charge in [-0.3, -0.25) is 0 Å². The summed E-state index contributed by atoms with van der Waals surface area (Å²) >= 11 is 11.7. The van der Waals surface area contributed by atoms with Crippen LogP contribution in [0.3, 0.4) is 0 Å². The second-order valence-electron chi connectivity index (χ2n) is 3.06. The average molecular weight is 230 g/mol. The van der Waals surface area contributed by atoms with Crippen molar-refractivity contribution in [1.29, 1.82) is 0 Å². The Balaban J connectivity index is 2.56. The molecule has 0 bridgehead atoms. The molecule has 1 aromatic heterocycles. The summed E-state index contributed by atoms with van der Waals surface area (Å²) in [6, 6.07) is 0. The highest BCUT2D eigenvalue weighted by Gasteiger charge is 2.48. The first-order chi connectivity index (χ1) is 6.69. The molecule has 72 valence electrons. The van der Waals surface area contributed by atoms with Crippen molar-refractivity contribution in [3.63, 3.8) is 0 Å². The van der Waals surface area contributed by atoms with Gasteiger partial charge in [0, 0.05) is 0 Å². The number of hydrogen-bond donors (Lipinski definition) is 0. The molecule has 6 heteroatoms. The van der Waals surface area contributed by atoms with E-state index in [-0.39, 0.29) is 10.3 Å². The van der Waals surface area contributed by atoms with Crippen molar-refractivity contribution in [3.8, 4) is 0 Å². The summed E-state index contributed by atoms with van der Waals surface area (Å²) in [4.78, 5) is 21.6. The van der Waals surface area contributed by atoms with Crippen LogP contribution >= 0.6 is 23.2 Å². The largest absolute Gasteiger partial charge is 0.235 e. The molecule has 1 heterocycles. The SMILES string of the molecule is O=C=NC1(c2c(Cl)ncnc2Cl)CC1. The van der Waals surface area contributed by atoms with Crippen LogP contribution in [0.25, 0.3) is 0 Å². The minimum absolute atomic E-state index is 0.251. The second-order valence-corrected chi connectivity index (χ2v) is 3.78. The van der Waals surface area contributed by atoms with Gasteiger partial charge < -0.3 is 0 Å². The number of aliphatic imine (C=N–C) groups is 1. The number of isocyanates is 1. The van der Waals surface area contributed by atoms with Crippen molar-refractivity contribution >= 4 is 29.3 Å². The Bertz CT molecular complexity index is 404. The highest BCUT2D eigenvalue weighted by Crippen LogP contribution is 2.52. The number of nitrogens with zero attached hydrogens (tertiary/aromatic N) is 3. The Hall–Kier alpha value is -0.960. The minimum Gasteiger partial charge on any atom is -0.224 e. The van der Waals surface area contributed by atoms with E-state index in [1.165, 1.54) is 12.4 Å². The highest BCUT2D eigenvalue weighted by atomic mass is 35.5. The quantitative estimate of drug-likeness (QED) is 0.444. The molecule has 0 amide bonds. The monoisotopic (exact) mass is 229 g/mol. The summed E-state index contributed by atoms with van der Waals surface area (Å²) in [5.74, 6) is 0. The van der Waals surface area contributed by atoms with E-state index >= 15 is 0 Å². The summed E-state index contributed by atoms with van der Waals surface area (Å²) < 4.78 is 0. The summed E-state index contributed by atoms with van der Waals surface area (Å²) in [6.45, 7) is 0. The summed E-state index contributed by atoms with van der Waals surface area (Å²) in [6.07, 6.45) is 4.26. The van der Waals surface area contributed by atoms with E-state index in [0.29, 0.717) is 5.56 Å². The molecule has 0 atom stereocenters. The van der Waals surface area contributed by atoms with E-state index in [0.717, 1.165) is 12.8 Å². The van der Waals surface area contributed by atoms with Gasteiger partial charge >= 0.3 is 0 Å². The molecule has 1 saturated carbocycles. The van der Waals surface area contributed by atoms with Gasteiger partial charge in [0.05, 0.1) is 5.56 Å². The van der Waals surface area contributed by atoms with Crippen molar-refractivity contribution in [2.75, 3.05) is 0 Å². The molecule has 14 heavy (non-hydrogen) atoms. The molecule has 2 rings (SSSR count). The molecule has 4 nitrogen and oxygen atoms in total. The molecular formula is C8H5Cl2N3O. The fourth-order valence-electron chi connectivity index (χ4n) is 1.35. The normalized spacial score (nSPS) is 17.3. The van der Waals surface area contributed by atoms with Crippen LogP contribution in [0.1, 0.15) is 18.4 Å². The van der Waals surface area contributed by atoms with E-state index in [9.17, 15) is 4.79 Å². The average Bonchev–Trinajstić information content (AvgIpc) is 2.86. The maximum Gasteiger partial charge on any atom is 0.235 e. The molecule has 1 aromatic rings. The zero-order chi connectivity index (χ0) is 10.2. The van der Waals surface area contributed by atoms with E-state index in [1.807, 2.05) is 0 Å². The maximum atomic E-state index is 10.2. The van der Waals surface area contributed by atoms with Gasteiger partial charge in [-0.1, -0.05) is 23.2 Å². The first kappa shape index (κ1) is 9.59.